The van der Waals surface area contributed by atoms with Crippen LogP contribution in [0, 0.1) is 5.82 Å². The second-order valence-electron chi connectivity index (χ2n) is 4.04. The van der Waals surface area contributed by atoms with Crippen LogP contribution in [0.25, 0.3) is 0 Å². The number of aromatic nitrogens is 2. The Balaban J connectivity index is 2.08. The van der Waals surface area contributed by atoms with E-state index in [1.807, 2.05) is 0 Å². The number of rotatable bonds is 3. The molecule has 1 aliphatic heterocycles. The molecular formula is C11H18FN5. The van der Waals surface area contributed by atoms with E-state index in [0.29, 0.717) is 5.95 Å². The fourth-order valence-corrected chi connectivity index (χ4v) is 1.95. The summed E-state index contributed by atoms with van der Waals surface area (Å²) in [6.45, 7) is 7.02. The largest absolute Gasteiger partial charge is 0.371 e. The normalized spacial score (nSPS) is 17.2. The van der Waals surface area contributed by atoms with Gasteiger partial charge < -0.3 is 15.1 Å². The van der Waals surface area contributed by atoms with Crippen LogP contribution in [0.5, 0.6) is 0 Å². The van der Waals surface area contributed by atoms with Gasteiger partial charge in [-0.1, -0.05) is 6.92 Å². The highest BCUT2D eigenvalue weighted by atomic mass is 19.1. The van der Waals surface area contributed by atoms with Gasteiger partial charge in [0.2, 0.25) is 5.95 Å². The van der Waals surface area contributed by atoms with Crippen molar-refractivity contribution < 1.29 is 4.39 Å². The zero-order valence-electron chi connectivity index (χ0n) is 10.3. The van der Waals surface area contributed by atoms with Crippen LogP contribution in [0.4, 0.5) is 16.2 Å². The number of anilines is 2. The molecule has 0 atom stereocenters. The molecule has 1 saturated heterocycles. The first kappa shape index (κ1) is 12.0. The van der Waals surface area contributed by atoms with Gasteiger partial charge in [-0.05, 0) is 6.54 Å². The molecule has 0 amide bonds. The maximum Gasteiger partial charge on any atom is 0.227 e. The molecule has 1 N–H and O–H groups in total. The maximum atomic E-state index is 13.2. The molecule has 1 fully saturated rings. The number of hydrogen-bond acceptors (Lipinski definition) is 5. The topological polar surface area (TPSA) is 44.3 Å². The quantitative estimate of drug-likeness (QED) is 0.845. The second-order valence-corrected chi connectivity index (χ2v) is 4.04. The van der Waals surface area contributed by atoms with Gasteiger partial charge in [-0.15, -0.1) is 0 Å². The Morgan fingerprint density at radius 1 is 1.35 bits per heavy atom. The molecule has 1 aromatic heterocycles. The van der Waals surface area contributed by atoms with Gasteiger partial charge in [-0.2, -0.15) is 4.98 Å². The fourth-order valence-electron chi connectivity index (χ4n) is 1.95. The van der Waals surface area contributed by atoms with Crippen molar-refractivity contribution in [2.75, 3.05) is 50.0 Å². The van der Waals surface area contributed by atoms with Crippen molar-refractivity contribution in [1.82, 2.24) is 14.9 Å². The number of nitrogens with zero attached hydrogens (tertiary/aromatic N) is 4. The Bertz CT molecular complexity index is 376. The predicted octanol–water partition coefficient (Wildman–Crippen LogP) is 0.799. The van der Waals surface area contributed by atoms with Crippen LogP contribution in [0.3, 0.4) is 0 Å². The number of likely N-dealkylation sites (N-methyl/N-ethyl adjacent to an activating group) is 1. The summed E-state index contributed by atoms with van der Waals surface area (Å²) in [5.74, 6) is 0.447. The van der Waals surface area contributed by atoms with Gasteiger partial charge in [0.1, 0.15) is 0 Å². The van der Waals surface area contributed by atoms with Gasteiger partial charge >= 0.3 is 0 Å². The summed E-state index contributed by atoms with van der Waals surface area (Å²) in [6.07, 6.45) is 1.22. The molecule has 0 saturated carbocycles. The van der Waals surface area contributed by atoms with Crippen LogP contribution in [-0.4, -0.2) is 54.6 Å². The summed E-state index contributed by atoms with van der Waals surface area (Å²) in [4.78, 5) is 12.7. The first-order valence-corrected chi connectivity index (χ1v) is 5.92. The van der Waals surface area contributed by atoms with E-state index < -0.39 is 5.82 Å². The minimum absolute atomic E-state index is 0.257. The third-order valence-corrected chi connectivity index (χ3v) is 3.07. The van der Waals surface area contributed by atoms with Gasteiger partial charge in [-0.3, -0.25) is 0 Å². The molecule has 17 heavy (non-hydrogen) atoms. The highest BCUT2D eigenvalue weighted by molar-refractivity contribution is 5.42. The van der Waals surface area contributed by atoms with Crippen molar-refractivity contribution >= 4 is 11.8 Å². The van der Waals surface area contributed by atoms with Crippen LogP contribution in [-0.2, 0) is 0 Å². The smallest absolute Gasteiger partial charge is 0.227 e. The van der Waals surface area contributed by atoms with Gasteiger partial charge in [0, 0.05) is 33.2 Å². The Morgan fingerprint density at radius 2 is 2.06 bits per heavy atom. The molecular weight excluding hydrogens is 221 g/mol. The SMILES string of the molecule is CCN1CCN(c2ncc(F)c(NC)n2)CC1. The minimum Gasteiger partial charge on any atom is -0.371 e. The maximum absolute atomic E-state index is 13.2. The van der Waals surface area contributed by atoms with E-state index >= 15 is 0 Å². The molecule has 0 radical (unpaired) electrons. The number of piperazine rings is 1. The van der Waals surface area contributed by atoms with E-state index in [4.69, 9.17) is 0 Å². The van der Waals surface area contributed by atoms with Crippen LogP contribution in [0.2, 0.25) is 0 Å². The molecule has 0 aromatic carbocycles. The summed E-state index contributed by atoms with van der Waals surface area (Å²) in [6, 6.07) is 0. The average molecular weight is 239 g/mol. The number of hydrogen-bond donors (Lipinski definition) is 1. The lowest BCUT2D eigenvalue weighted by Crippen LogP contribution is -2.46. The van der Waals surface area contributed by atoms with Gasteiger partial charge in [0.05, 0.1) is 6.20 Å². The highest BCUT2D eigenvalue weighted by Crippen LogP contribution is 2.15. The summed E-state index contributed by atoms with van der Waals surface area (Å²) >= 11 is 0. The first-order valence-electron chi connectivity index (χ1n) is 5.92. The number of halogens is 1. The molecule has 2 heterocycles. The molecule has 0 aliphatic carbocycles. The Kier molecular flexibility index (Phi) is 3.73. The van der Waals surface area contributed by atoms with Crippen molar-refractivity contribution in [3.63, 3.8) is 0 Å². The third kappa shape index (κ3) is 2.63. The van der Waals surface area contributed by atoms with Crippen molar-refractivity contribution in [2.45, 2.75) is 6.92 Å². The van der Waals surface area contributed by atoms with Gasteiger partial charge in [0.25, 0.3) is 0 Å². The molecule has 1 aromatic rings. The predicted molar refractivity (Wildman–Crippen MR) is 65.9 cm³/mol. The van der Waals surface area contributed by atoms with Crippen LogP contribution < -0.4 is 10.2 Å². The monoisotopic (exact) mass is 239 g/mol. The summed E-state index contributed by atoms with van der Waals surface area (Å²) in [5.41, 5.74) is 0. The second kappa shape index (κ2) is 5.27. The van der Waals surface area contributed by atoms with Crippen LogP contribution in [0.15, 0.2) is 6.20 Å². The Hall–Kier alpha value is -1.43. The lowest BCUT2D eigenvalue weighted by molar-refractivity contribution is 0.270. The number of nitrogens with one attached hydrogen (secondary N) is 1. The van der Waals surface area contributed by atoms with E-state index in [-0.39, 0.29) is 5.82 Å². The molecule has 94 valence electrons. The van der Waals surface area contributed by atoms with E-state index in [9.17, 15) is 4.39 Å². The lowest BCUT2D eigenvalue weighted by Gasteiger charge is -2.34. The van der Waals surface area contributed by atoms with Gasteiger partial charge in [-0.25, -0.2) is 9.37 Å². The molecule has 5 nitrogen and oxygen atoms in total. The van der Waals surface area contributed by atoms with E-state index in [1.165, 1.54) is 6.20 Å². The average Bonchev–Trinajstić information content (AvgIpc) is 2.39. The zero-order chi connectivity index (χ0) is 12.3. The van der Waals surface area contributed by atoms with E-state index in [2.05, 4.69) is 32.0 Å². The van der Waals surface area contributed by atoms with E-state index in [1.54, 1.807) is 7.05 Å². The van der Waals surface area contributed by atoms with Gasteiger partial charge in [0.15, 0.2) is 11.6 Å². The van der Waals surface area contributed by atoms with Crippen LogP contribution in [0.1, 0.15) is 6.92 Å². The highest BCUT2D eigenvalue weighted by Gasteiger charge is 2.18. The zero-order valence-corrected chi connectivity index (χ0v) is 10.3. The van der Waals surface area contributed by atoms with Crippen molar-refractivity contribution in [3.05, 3.63) is 12.0 Å². The molecule has 0 bridgehead atoms. The summed E-state index contributed by atoms with van der Waals surface area (Å²) in [7, 11) is 1.66. The first-order chi connectivity index (χ1) is 8.24. The Labute approximate surface area is 101 Å². The fraction of sp³-hybridized carbons (Fsp3) is 0.636. The summed E-state index contributed by atoms with van der Waals surface area (Å²) < 4.78 is 13.2. The molecule has 0 unspecified atom stereocenters. The summed E-state index contributed by atoms with van der Waals surface area (Å²) in [5, 5.41) is 2.73. The Morgan fingerprint density at radius 3 is 2.65 bits per heavy atom. The standard InChI is InChI=1S/C11H18FN5/c1-3-16-4-6-17(7-5-16)11-14-8-9(12)10(13-2)15-11/h8H,3-7H2,1-2H3,(H,13,14,15). The molecule has 6 heteroatoms. The molecule has 1 aliphatic rings. The van der Waals surface area contributed by atoms with E-state index in [0.717, 1.165) is 32.7 Å². The van der Waals surface area contributed by atoms with Crippen LogP contribution >= 0.6 is 0 Å². The van der Waals surface area contributed by atoms with Crippen molar-refractivity contribution in [3.8, 4) is 0 Å². The van der Waals surface area contributed by atoms with Crippen molar-refractivity contribution in [2.24, 2.45) is 0 Å². The van der Waals surface area contributed by atoms with Crippen molar-refractivity contribution in [1.29, 1.82) is 0 Å². The third-order valence-electron chi connectivity index (χ3n) is 3.07. The molecule has 2 rings (SSSR count). The minimum atomic E-state index is -0.413. The lowest BCUT2D eigenvalue weighted by atomic mass is 10.3. The molecule has 0 spiro atoms.